The maximum Gasteiger partial charge on any atom is 0.344 e. The molecule has 1 aromatic heterocycles. The second-order valence-electron chi connectivity index (χ2n) is 7.09. The van der Waals surface area contributed by atoms with Crippen LogP contribution in [0.2, 0.25) is 0 Å². The van der Waals surface area contributed by atoms with E-state index in [0.29, 0.717) is 29.1 Å². The van der Waals surface area contributed by atoms with E-state index in [1.165, 1.54) is 19.4 Å². The minimum atomic E-state index is -0.837. The highest BCUT2D eigenvalue weighted by Crippen LogP contribution is 2.34. The summed E-state index contributed by atoms with van der Waals surface area (Å²) in [4.78, 5) is 50.2. The van der Waals surface area contributed by atoms with Gasteiger partial charge < -0.3 is 18.6 Å². The molecule has 1 aliphatic heterocycles. The first-order valence-corrected chi connectivity index (χ1v) is 10.4. The van der Waals surface area contributed by atoms with E-state index in [1.807, 2.05) is 0 Å². The van der Waals surface area contributed by atoms with Gasteiger partial charge in [-0.3, -0.25) is 19.8 Å². The van der Waals surface area contributed by atoms with Crippen molar-refractivity contribution in [3.05, 3.63) is 65.6 Å². The van der Waals surface area contributed by atoms with Crippen molar-refractivity contribution in [2.24, 2.45) is 0 Å². The fourth-order valence-corrected chi connectivity index (χ4v) is 3.29. The number of nitrogens with zero attached hydrogens (tertiary/aromatic N) is 1. The summed E-state index contributed by atoms with van der Waals surface area (Å²) in [6, 6.07) is 5.63. The van der Waals surface area contributed by atoms with E-state index in [-0.39, 0.29) is 31.1 Å². The average molecular weight is 468 g/mol. The Morgan fingerprint density at radius 2 is 2.06 bits per heavy atom. The van der Waals surface area contributed by atoms with Gasteiger partial charge in [-0.15, -0.1) is 6.58 Å². The van der Waals surface area contributed by atoms with E-state index in [2.05, 4.69) is 11.9 Å². The molecule has 0 atom stereocenters. The van der Waals surface area contributed by atoms with E-state index < -0.39 is 23.8 Å². The van der Waals surface area contributed by atoms with Gasteiger partial charge in [-0.1, -0.05) is 6.08 Å². The van der Waals surface area contributed by atoms with Crippen LogP contribution in [0.3, 0.4) is 0 Å². The van der Waals surface area contributed by atoms with Crippen molar-refractivity contribution in [2.45, 2.75) is 19.9 Å². The van der Waals surface area contributed by atoms with Gasteiger partial charge in [0.25, 0.3) is 11.8 Å². The molecule has 2 heterocycles. The fourth-order valence-electron chi connectivity index (χ4n) is 3.29. The van der Waals surface area contributed by atoms with Gasteiger partial charge in [-0.2, -0.15) is 0 Å². The van der Waals surface area contributed by atoms with Crippen LogP contribution in [0.15, 0.2) is 53.2 Å². The Kier molecular flexibility index (Phi) is 7.86. The van der Waals surface area contributed by atoms with Gasteiger partial charge in [0.05, 0.1) is 26.5 Å². The predicted octanol–water partition coefficient (Wildman–Crippen LogP) is 2.62. The maximum atomic E-state index is 13.0. The molecule has 1 fully saturated rings. The van der Waals surface area contributed by atoms with Gasteiger partial charge in [0.1, 0.15) is 11.3 Å². The van der Waals surface area contributed by atoms with Crippen molar-refractivity contribution in [3.63, 3.8) is 0 Å². The van der Waals surface area contributed by atoms with Crippen LogP contribution < -0.4 is 14.8 Å². The first-order valence-electron chi connectivity index (χ1n) is 10.4. The number of carbonyl (C=O) groups is 4. The summed E-state index contributed by atoms with van der Waals surface area (Å²) in [5, 5.41) is 2.16. The molecule has 0 spiro atoms. The Labute approximate surface area is 195 Å². The predicted molar refractivity (Wildman–Crippen MR) is 120 cm³/mol. The van der Waals surface area contributed by atoms with Crippen molar-refractivity contribution in [1.82, 2.24) is 10.2 Å². The lowest BCUT2D eigenvalue weighted by Crippen LogP contribution is -2.53. The van der Waals surface area contributed by atoms with Crippen LogP contribution in [0.1, 0.15) is 23.8 Å². The number of hydrogen-bond acceptors (Lipinski definition) is 8. The van der Waals surface area contributed by atoms with E-state index in [0.717, 1.165) is 4.90 Å². The van der Waals surface area contributed by atoms with Crippen LogP contribution in [-0.4, -0.2) is 49.0 Å². The number of allylic oxidation sites excluding steroid dienone is 1. The summed E-state index contributed by atoms with van der Waals surface area (Å²) >= 11 is 0. The number of imide groups is 2. The minimum Gasteiger partial charge on any atom is -0.493 e. The Bertz CT molecular complexity index is 1130. The Hall–Kier alpha value is -4.34. The molecule has 0 bridgehead atoms. The molecule has 1 aromatic carbocycles. The third-order valence-corrected chi connectivity index (χ3v) is 4.77. The van der Waals surface area contributed by atoms with E-state index in [4.69, 9.17) is 18.6 Å². The van der Waals surface area contributed by atoms with E-state index >= 15 is 0 Å². The Balaban J connectivity index is 1.94. The zero-order chi connectivity index (χ0) is 24.7. The molecule has 0 radical (unpaired) electrons. The summed E-state index contributed by atoms with van der Waals surface area (Å²) in [6.07, 6.45) is 4.76. The number of furan rings is 1. The molecule has 1 N–H and O–H groups in total. The second-order valence-corrected chi connectivity index (χ2v) is 7.09. The first-order chi connectivity index (χ1) is 16.4. The number of benzene rings is 1. The zero-order valence-electron chi connectivity index (χ0n) is 18.8. The summed E-state index contributed by atoms with van der Waals surface area (Å²) in [6.45, 7) is 5.19. The van der Waals surface area contributed by atoms with Crippen molar-refractivity contribution in [3.8, 4) is 11.5 Å². The molecule has 178 valence electrons. The molecule has 0 saturated carbocycles. The first kappa shape index (κ1) is 24.3. The van der Waals surface area contributed by atoms with Crippen molar-refractivity contribution in [1.29, 1.82) is 0 Å². The molecule has 0 unspecified atom stereocenters. The average Bonchev–Trinajstić information content (AvgIpc) is 3.32. The highest BCUT2D eigenvalue weighted by Gasteiger charge is 2.36. The number of barbiturate groups is 1. The molecule has 1 saturated heterocycles. The second kappa shape index (κ2) is 11.0. The number of carbonyl (C=O) groups excluding carboxylic acids is 4. The molecule has 2 aromatic rings. The number of ether oxygens (including phenoxy) is 3. The maximum absolute atomic E-state index is 13.0. The third-order valence-electron chi connectivity index (χ3n) is 4.77. The molecule has 3 rings (SSSR count). The highest BCUT2D eigenvalue weighted by molar-refractivity contribution is 6.30. The number of amides is 4. The molecular formula is C24H24N2O8. The summed E-state index contributed by atoms with van der Waals surface area (Å²) in [5.74, 6) is -1.15. The van der Waals surface area contributed by atoms with Crippen LogP contribution in [0.25, 0.3) is 6.08 Å². The lowest BCUT2D eigenvalue weighted by Gasteiger charge is -2.25. The van der Waals surface area contributed by atoms with Crippen molar-refractivity contribution in [2.75, 3.05) is 20.3 Å². The highest BCUT2D eigenvalue weighted by atomic mass is 16.6. The smallest absolute Gasteiger partial charge is 0.344 e. The van der Waals surface area contributed by atoms with Crippen LogP contribution in [0.4, 0.5) is 4.79 Å². The van der Waals surface area contributed by atoms with Crippen LogP contribution >= 0.6 is 0 Å². The number of hydrogen-bond donors (Lipinski definition) is 1. The minimum absolute atomic E-state index is 0.131. The van der Waals surface area contributed by atoms with Crippen molar-refractivity contribution >= 4 is 29.9 Å². The molecule has 0 aliphatic carbocycles. The van der Waals surface area contributed by atoms with Gasteiger partial charge in [0, 0.05) is 5.56 Å². The number of urea groups is 1. The van der Waals surface area contributed by atoms with Gasteiger partial charge in [0.15, 0.2) is 18.1 Å². The quantitative estimate of drug-likeness (QED) is 0.244. The van der Waals surface area contributed by atoms with Crippen LogP contribution in [-0.2, 0) is 32.1 Å². The van der Waals surface area contributed by atoms with Crippen molar-refractivity contribution < 1.29 is 37.8 Å². The monoisotopic (exact) mass is 468 g/mol. The van der Waals surface area contributed by atoms with Gasteiger partial charge in [0.2, 0.25) is 0 Å². The normalized spacial score (nSPS) is 14.7. The lowest BCUT2D eigenvalue weighted by atomic mass is 10.0. The number of nitrogens with one attached hydrogen (secondary N) is 1. The third kappa shape index (κ3) is 5.52. The number of rotatable bonds is 10. The molecular weight excluding hydrogens is 444 g/mol. The van der Waals surface area contributed by atoms with Gasteiger partial charge in [-0.05, 0) is 49.2 Å². The largest absolute Gasteiger partial charge is 0.493 e. The van der Waals surface area contributed by atoms with Gasteiger partial charge in [-0.25, -0.2) is 9.59 Å². The number of methoxy groups -OCH3 is 1. The van der Waals surface area contributed by atoms with Crippen LogP contribution in [0.5, 0.6) is 11.5 Å². The Morgan fingerprint density at radius 3 is 2.71 bits per heavy atom. The zero-order valence-corrected chi connectivity index (χ0v) is 18.8. The molecule has 10 nitrogen and oxygen atoms in total. The van der Waals surface area contributed by atoms with E-state index in [1.54, 1.807) is 37.3 Å². The summed E-state index contributed by atoms with van der Waals surface area (Å²) in [7, 11) is 1.42. The summed E-state index contributed by atoms with van der Waals surface area (Å²) in [5.41, 5.74) is 0.818. The van der Waals surface area contributed by atoms with Gasteiger partial charge >= 0.3 is 12.0 Å². The SMILES string of the molecule is C=CCc1cc(/C=C2\C(=O)NC(=O)N(Cc3ccco3)C2=O)cc(OC)c1OCC(=O)OCC. The standard InChI is InChI=1S/C24H24N2O8/c1-4-7-16-10-15(12-19(31-3)21(16)34-14-20(27)32-5-2)11-18-22(28)25-24(30)26(23(18)29)13-17-8-6-9-33-17/h4,6,8-12H,1,5,7,13-14H2,2-3H3,(H,25,28,30)/b18-11+. The topological polar surface area (TPSA) is 124 Å². The molecule has 10 heteroatoms. The van der Waals surface area contributed by atoms with Crippen LogP contribution in [0, 0.1) is 0 Å². The van der Waals surface area contributed by atoms with E-state index in [9.17, 15) is 19.2 Å². The molecule has 4 amide bonds. The summed E-state index contributed by atoms with van der Waals surface area (Å²) < 4.78 is 21.1. The molecule has 1 aliphatic rings. The fraction of sp³-hybridized carbons (Fsp3) is 0.250. The molecule has 34 heavy (non-hydrogen) atoms. The number of esters is 1. The lowest BCUT2D eigenvalue weighted by molar-refractivity contribution is -0.145. The Morgan fingerprint density at radius 1 is 1.26 bits per heavy atom.